The van der Waals surface area contributed by atoms with Crippen molar-refractivity contribution in [3.8, 4) is 11.5 Å². The summed E-state index contributed by atoms with van der Waals surface area (Å²) in [6.45, 7) is 1.87. The van der Waals surface area contributed by atoms with Gasteiger partial charge in [0.2, 0.25) is 0 Å². The Kier molecular flexibility index (Phi) is 5.49. The minimum absolute atomic E-state index is 0.0304. The second-order valence-electron chi connectivity index (χ2n) is 5.67. The number of sulfonamides is 1. The highest BCUT2D eigenvalue weighted by atomic mass is 35.5. The maximum absolute atomic E-state index is 12.2. The van der Waals surface area contributed by atoms with Crippen molar-refractivity contribution in [1.29, 1.82) is 0 Å². The monoisotopic (exact) mass is 411 g/mol. The van der Waals surface area contributed by atoms with Gasteiger partial charge in [0, 0.05) is 31.2 Å². The largest absolute Gasteiger partial charge is 0.493 e. The summed E-state index contributed by atoms with van der Waals surface area (Å²) < 4.78 is 39.5. The Morgan fingerprint density at radius 1 is 1.26 bits per heavy atom. The average molecular weight is 412 g/mol. The van der Waals surface area contributed by atoms with Crippen molar-refractivity contribution >= 4 is 32.5 Å². The van der Waals surface area contributed by atoms with Crippen molar-refractivity contribution in [2.75, 3.05) is 20.3 Å². The number of ether oxygens (including phenoxy) is 2. The molecule has 3 aromatic rings. The molecule has 0 saturated heterocycles. The lowest BCUT2D eigenvalue weighted by Gasteiger charge is -2.12. The molecule has 0 fully saturated rings. The summed E-state index contributed by atoms with van der Waals surface area (Å²) in [6, 6.07) is 3.34. The van der Waals surface area contributed by atoms with E-state index in [2.05, 4.69) is 19.7 Å². The van der Waals surface area contributed by atoms with Crippen LogP contribution in [0.1, 0.15) is 5.82 Å². The van der Waals surface area contributed by atoms with E-state index >= 15 is 0 Å². The minimum atomic E-state index is -3.70. The number of aromatic nitrogens is 4. The van der Waals surface area contributed by atoms with Crippen LogP contribution in [0.25, 0.3) is 10.9 Å². The van der Waals surface area contributed by atoms with Gasteiger partial charge in [0.25, 0.3) is 10.0 Å². The fourth-order valence-corrected chi connectivity index (χ4v) is 3.62. The molecule has 11 heteroatoms. The number of nitrogens with zero attached hydrogens (tertiary/aromatic N) is 4. The molecule has 0 spiro atoms. The van der Waals surface area contributed by atoms with E-state index in [1.807, 2.05) is 0 Å². The number of nitrogens with one attached hydrogen (secondary N) is 1. The van der Waals surface area contributed by atoms with Gasteiger partial charge in [-0.25, -0.2) is 28.1 Å². The van der Waals surface area contributed by atoms with Crippen LogP contribution in [-0.4, -0.2) is 48.2 Å². The number of imidazole rings is 1. The van der Waals surface area contributed by atoms with Crippen LogP contribution in [0, 0.1) is 6.92 Å². The third-order valence-corrected chi connectivity index (χ3v) is 5.52. The second kappa shape index (κ2) is 7.67. The van der Waals surface area contributed by atoms with Crippen molar-refractivity contribution in [2.45, 2.75) is 11.9 Å². The van der Waals surface area contributed by atoms with Gasteiger partial charge in [0.15, 0.2) is 16.5 Å². The lowest BCUT2D eigenvalue weighted by atomic mass is 10.2. The molecule has 0 atom stereocenters. The van der Waals surface area contributed by atoms with Crippen molar-refractivity contribution in [1.82, 2.24) is 24.2 Å². The van der Waals surface area contributed by atoms with Gasteiger partial charge >= 0.3 is 0 Å². The van der Waals surface area contributed by atoms with Crippen LogP contribution >= 0.6 is 11.6 Å². The zero-order valence-corrected chi connectivity index (χ0v) is 16.5. The Balaban J connectivity index is 1.68. The van der Waals surface area contributed by atoms with E-state index in [9.17, 15) is 8.42 Å². The van der Waals surface area contributed by atoms with E-state index in [1.165, 1.54) is 19.6 Å². The predicted molar refractivity (Wildman–Crippen MR) is 99.7 cm³/mol. The van der Waals surface area contributed by atoms with Crippen LogP contribution in [0.5, 0.6) is 11.5 Å². The predicted octanol–water partition coefficient (Wildman–Crippen LogP) is 1.69. The molecule has 0 radical (unpaired) electrons. The SMILES string of the molecule is COc1cc2c(Cl)ncnc2cc1OCCNS(=O)(=O)c1cn(C)c(C)n1. The molecule has 0 aliphatic rings. The van der Waals surface area contributed by atoms with Gasteiger partial charge in [0.1, 0.15) is 23.9 Å². The molecule has 0 saturated carbocycles. The summed E-state index contributed by atoms with van der Waals surface area (Å²) in [4.78, 5) is 12.1. The number of fused-ring (bicyclic) bond motifs is 1. The van der Waals surface area contributed by atoms with E-state index in [-0.39, 0.29) is 18.2 Å². The first-order valence-corrected chi connectivity index (χ1v) is 9.78. The van der Waals surface area contributed by atoms with E-state index < -0.39 is 10.0 Å². The lowest BCUT2D eigenvalue weighted by Crippen LogP contribution is -2.28. The average Bonchev–Trinajstić information content (AvgIpc) is 2.98. The van der Waals surface area contributed by atoms with Crippen molar-refractivity contribution < 1.29 is 17.9 Å². The molecule has 144 valence electrons. The van der Waals surface area contributed by atoms with Gasteiger partial charge < -0.3 is 14.0 Å². The number of rotatable bonds is 7. The molecular formula is C16H18ClN5O4S. The smallest absolute Gasteiger partial charge is 0.259 e. The summed E-state index contributed by atoms with van der Waals surface area (Å²) in [6.07, 6.45) is 2.80. The molecule has 2 heterocycles. The fraction of sp³-hybridized carbons (Fsp3) is 0.312. The molecule has 0 aliphatic carbocycles. The molecule has 0 amide bonds. The number of methoxy groups -OCH3 is 1. The van der Waals surface area contributed by atoms with E-state index in [1.54, 1.807) is 30.7 Å². The first kappa shape index (κ1) is 19.3. The molecule has 0 unspecified atom stereocenters. The van der Waals surface area contributed by atoms with Gasteiger partial charge in [-0.1, -0.05) is 11.6 Å². The maximum atomic E-state index is 12.2. The Labute approximate surface area is 161 Å². The summed E-state index contributed by atoms with van der Waals surface area (Å²) in [5.41, 5.74) is 0.593. The van der Waals surface area contributed by atoms with E-state index in [0.29, 0.717) is 33.4 Å². The van der Waals surface area contributed by atoms with Gasteiger partial charge in [0.05, 0.1) is 12.6 Å². The zero-order valence-electron chi connectivity index (χ0n) is 14.9. The highest BCUT2D eigenvalue weighted by Crippen LogP contribution is 2.33. The highest BCUT2D eigenvalue weighted by molar-refractivity contribution is 7.89. The summed E-state index contributed by atoms with van der Waals surface area (Å²) in [5, 5.41) is 0.912. The number of hydrogen-bond acceptors (Lipinski definition) is 7. The second-order valence-corrected chi connectivity index (χ2v) is 7.74. The highest BCUT2D eigenvalue weighted by Gasteiger charge is 2.18. The Bertz CT molecular complexity index is 1060. The van der Waals surface area contributed by atoms with Crippen molar-refractivity contribution in [3.63, 3.8) is 0 Å². The third-order valence-electron chi connectivity index (χ3n) is 3.89. The molecule has 0 aliphatic heterocycles. The maximum Gasteiger partial charge on any atom is 0.259 e. The number of aryl methyl sites for hydroxylation is 2. The molecule has 1 aromatic carbocycles. The van der Waals surface area contributed by atoms with Crippen molar-refractivity contribution in [2.24, 2.45) is 7.05 Å². The van der Waals surface area contributed by atoms with Crippen LogP contribution in [0.3, 0.4) is 0 Å². The topological polar surface area (TPSA) is 108 Å². The molecule has 2 aromatic heterocycles. The standard InChI is InChI=1S/C16H18ClN5O4S/c1-10-21-15(8-22(10)2)27(23,24)20-4-5-26-14-7-12-11(6-13(14)25-3)16(17)19-9-18-12/h6-9,20H,4-5H2,1-3H3. The summed E-state index contributed by atoms with van der Waals surface area (Å²) in [7, 11) is -0.477. The molecular weight excluding hydrogens is 394 g/mol. The molecule has 0 bridgehead atoms. The van der Waals surface area contributed by atoms with Crippen LogP contribution < -0.4 is 14.2 Å². The van der Waals surface area contributed by atoms with Gasteiger partial charge in [-0.3, -0.25) is 0 Å². The van der Waals surface area contributed by atoms with E-state index in [0.717, 1.165) is 0 Å². The number of hydrogen-bond donors (Lipinski definition) is 1. The normalized spacial score (nSPS) is 11.7. The van der Waals surface area contributed by atoms with Crippen LogP contribution in [0.2, 0.25) is 5.15 Å². The van der Waals surface area contributed by atoms with E-state index in [4.69, 9.17) is 21.1 Å². The van der Waals surface area contributed by atoms with Crippen LogP contribution in [0.15, 0.2) is 29.7 Å². The molecule has 27 heavy (non-hydrogen) atoms. The van der Waals surface area contributed by atoms with Crippen LogP contribution in [-0.2, 0) is 17.1 Å². The first-order valence-electron chi connectivity index (χ1n) is 7.92. The third kappa shape index (κ3) is 4.12. The Morgan fingerprint density at radius 2 is 2.04 bits per heavy atom. The summed E-state index contributed by atoms with van der Waals surface area (Å²) in [5.74, 6) is 1.48. The zero-order chi connectivity index (χ0) is 19.6. The van der Waals surface area contributed by atoms with Gasteiger partial charge in [-0.15, -0.1) is 0 Å². The molecule has 9 nitrogen and oxygen atoms in total. The van der Waals surface area contributed by atoms with Crippen molar-refractivity contribution in [3.05, 3.63) is 35.6 Å². The van der Waals surface area contributed by atoms with Crippen LogP contribution in [0.4, 0.5) is 0 Å². The molecule has 3 rings (SSSR count). The Hall–Kier alpha value is -2.43. The quantitative estimate of drug-likeness (QED) is 0.465. The first-order chi connectivity index (χ1) is 12.8. The minimum Gasteiger partial charge on any atom is -0.493 e. The lowest BCUT2D eigenvalue weighted by molar-refractivity contribution is 0.299. The molecule has 1 N–H and O–H groups in total. The summed E-state index contributed by atoms with van der Waals surface area (Å²) >= 11 is 6.05. The number of halogens is 1. The van der Waals surface area contributed by atoms with Gasteiger partial charge in [-0.05, 0) is 13.0 Å². The Morgan fingerprint density at radius 3 is 2.70 bits per heavy atom. The fourth-order valence-electron chi connectivity index (χ4n) is 2.37. The van der Waals surface area contributed by atoms with Gasteiger partial charge in [-0.2, -0.15) is 0 Å². The number of benzene rings is 1.